The van der Waals surface area contributed by atoms with Crippen LogP contribution in [0.2, 0.25) is 0 Å². The number of nitrogens with one attached hydrogen (secondary N) is 1. The van der Waals surface area contributed by atoms with Crippen LogP contribution in [0.5, 0.6) is 0 Å². The van der Waals surface area contributed by atoms with Gasteiger partial charge in [-0.15, -0.1) is 0 Å². The monoisotopic (exact) mass is 330 g/mol. The van der Waals surface area contributed by atoms with Crippen molar-refractivity contribution in [2.45, 2.75) is 24.9 Å². The first kappa shape index (κ1) is 15.5. The van der Waals surface area contributed by atoms with E-state index in [1.165, 1.54) is 12.1 Å². The molecule has 23 heavy (non-hydrogen) atoms. The number of aryl methyl sites for hydroxylation is 1. The van der Waals surface area contributed by atoms with Gasteiger partial charge in [0, 0.05) is 12.2 Å². The smallest absolute Gasteiger partial charge is 0.238 e. The molecular weight excluding hydrogens is 312 g/mol. The second-order valence-electron chi connectivity index (χ2n) is 5.18. The first-order valence-electron chi connectivity index (χ1n) is 7.30. The summed E-state index contributed by atoms with van der Waals surface area (Å²) in [7, 11) is -3.66. The summed E-state index contributed by atoms with van der Waals surface area (Å²) in [5, 5.41) is 8.35. The van der Waals surface area contributed by atoms with Crippen molar-refractivity contribution in [1.29, 1.82) is 0 Å². The SMILES string of the molecule is CCn1c(CNc2ccc(S(N)(=O)=O)cc2)nc2ccccc21. The number of fused-ring (bicyclic) bond motifs is 1. The predicted molar refractivity (Wildman–Crippen MR) is 90.5 cm³/mol. The molecule has 1 heterocycles. The van der Waals surface area contributed by atoms with E-state index in [0.717, 1.165) is 29.1 Å². The Morgan fingerprint density at radius 2 is 1.83 bits per heavy atom. The molecule has 2 aromatic carbocycles. The zero-order valence-electron chi connectivity index (χ0n) is 12.7. The second kappa shape index (κ2) is 6.02. The molecular formula is C16H18N4O2S. The normalized spacial score (nSPS) is 11.7. The van der Waals surface area contributed by atoms with Crippen molar-refractivity contribution in [3.8, 4) is 0 Å². The number of nitrogens with two attached hydrogens (primary N) is 1. The average molecular weight is 330 g/mol. The molecule has 1 aromatic heterocycles. The Labute approximate surface area is 135 Å². The molecule has 3 rings (SSSR count). The number of nitrogens with zero attached hydrogens (tertiary/aromatic N) is 2. The fraction of sp³-hybridized carbons (Fsp3) is 0.188. The number of para-hydroxylation sites is 2. The third-order valence-electron chi connectivity index (χ3n) is 3.68. The summed E-state index contributed by atoms with van der Waals surface area (Å²) in [6.45, 7) is 3.47. The van der Waals surface area contributed by atoms with Gasteiger partial charge in [-0.1, -0.05) is 12.1 Å². The van der Waals surface area contributed by atoms with E-state index in [-0.39, 0.29) is 4.90 Å². The van der Waals surface area contributed by atoms with Gasteiger partial charge in [-0.3, -0.25) is 0 Å². The van der Waals surface area contributed by atoms with Crippen molar-refractivity contribution in [1.82, 2.24) is 9.55 Å². The Bertz CT molecular complexity index is 930. The van der Waals surface area contributed by atoms with Crippen LogP contribution in [0.3, 0.4) is 0 Å². The minimum atomic E-state index is -3.66. The first-order valence-corrected chi connectivity index (χ1v) is 8.84. The van der Waals surface area contributed by atoms with Crippen LogP contribution in [0.15, 0.2) is 53.4 Å². The number of hydrogen-bond donors (Lipinski definition) is 2. The van der Waals surface area contributed by atoms with Gasteiger partial charge in [0.1, 0.15) is 5.82 Å². The Morgan fingerprint density at radius 1 is 1.13 bits per heavy atom. The maximum absolute atomic E-state index is 11.3. The van der Waals surface area contributed by atoms with E-state index in [9.17, 15) is 8.42 Å². The molecule has 0 unspecified atom stereocenters. The minimum absolute atomic E-state index is 0.101. The summed E-state index contributed by atoms with van der Waals surface area (Å²) in [5.41, 5.74) is 2.89. The third-order valence-corrected chi connectivity index (χ3v) is 4.61. The molecule has 7 heteroatoms. The molecule has 0 saturated heterocycles. The summed E-state index contributed by atoms with van der Waals surface area (Å²) < 4.78 is 24.7. The van der Waals surface area contributed by atoms with Crippen molar-refractivity contribution >= 4 is 26.7 Å². The molecule has 0 aliphatic heterocycles. The Hall–Kier alpha value is -2.38. The van der Waals surface area contributed by atoms with E-state index in [0.29, 0.717) is 6.54 Å². The first-order chi connectivity index (χ1) is 11.0. The van der Waals surface area contributed by atoms with Crippen LogP contribution in [0.1, 0.15) is 12.7 Å². The number of aromatic nitrogens is 2. The van der Waals surface area contributed by atoms with Gasteiger partial charge in [0.25, 0.3) is 0 Å². The van der Waals surface area contributed by atoms with Crippen LogP contribution in [0.25, 0.3) is 11.0 Å². The van der Waals surface area contributed by atoms with Gasteiger partial charge in [-0.05, 0) is 43.3 Å². The molecule has 0 spiro atoms. The van der Waals surface area contributed by atoms with Crippen LogP contribution >= 0.6 is 0 Å². The quantitative estimate of drug-likeness (QED) is 0.751. The lowest BCUT2D eigenvalue weighted by molar-refractivity contribution is 0.598. The molecule has 6 nitrogen and oxygen atoms in total. The van der Waals surface area contributed by atoms with Crippen molar-refractivity contribution in [3.05, 3.63) is 54.4 Å². The molecule has 0 fully saturated rings. The summed E-state index contributed by atoms with van der Waals surface area (Å²) in [5.74, 6) is 0.934. The highest BCUT2D eigenvalue weighted by Gasteiger charge is 2.09. The van der Waals surface area contributed by atoms with E-state index in [2.05, 4.69) is 27.9 Å². The molecule has 0 aliphatic rings. The van der Waals surface area contributed by atoms with Crippen LogP contribution < -0.4 is 10.5 Å². The molecule has 120 valence electrons. The lowest BCUT2D eigenvalue weighted by Gasteiger charge is -2.09. The number of primary sulfonamides is 1. The molecule has 3 aromatic rings. The van der Waals surface area contributed by atoms with E-state index in [1.807, 2.05) is 18.2 Å². The largest absolute Gasteiger partial charge is 0.378 e. The molecule has 0 atom stereocenters. The van der Waals surface area contributed by atoms with Crippen molar-refractivity contribution in [2.75, 3.05) is 5.32 Å². The van der Waals surface area contributed by atoms with Gasteiger partial charge in [0.2, 0.25) is 10.0 Å². The standard InChI is InChI=1S/C16H18N4O2S/c1-2-20-15-6-4-3-5-14(15)19-16(20)11-18-12-7-9-13(10-8-12)23(17,21)22/h3-10,18H,2,11H2,1H3,(H2,17,21,22). The zero-order valence-corrected chi connectivity index (χ0v) is 13.5. The van der Waals surface area contributed by atoms with Crippen LogP contribution in [0, 0.1) is 0 Å². The molecule has 3 N–H and O–H groups in total. The summed E-state index contributed by atoms with van der Waals surface area (Å²) in [6.07, 6.45) is 0. The van der Waals surface area contributed by atoms with E-state index < -0.39 is 10.0 Å². The van der Waals surface area contributed by atoms with E-state index in [4.69, 9.17) is 5.14 Å². The molecule has 0 bridgehead atoms. The van der Waals surface area contributed by atoms with Crippen LogP contribution in [0.4, 0.5) is 5.69 Å². The van der Waals surface area contributed by atoms with E-state index >= 15 is 0 Å². The van der Waals surface area contributed by atoms with Gasteiger partial charge in [-0.2, -0.15) is 0 Å². The lowest BCUT2D eigenvalue weighted by Crippen LogP contribution is -2.12. The van der Waals surface area contributed by atoms with Gasteiger partial charge < -0.3 is 9.88 Å². The number of anilines is 1. The van der Waals surface area contributed by atoms with Crippen molar-refractivity contribution in [3.63, 3.8) is 0 Å². The zero-order chi connectivity index (χ0) is 16.4. The summed E-state index contributed by atoms with van der Waals surface area (Å²) >= 11 is 0. The summed E-state index contributed by atoms with van der Waals surface area (Å²) in [4.78, 5) is 4.74. The Balaban J connectivity index is 1.81. The Kier molecular flexibility index (Phi) is 4.06. The number of rotatable bonds is 5. The number of sulfonamides is 1. The molecule has 0 amide bonds. The molecule has 0 radical (unpaired) electrons. The van der Waals surface area contributed by atoms with Gasteiger partial charge in [0.05, 0.1) is 22.5 Å². The summed E-state index contributed by atoms with van der Waals surface area (Å²) in [6, 6.07) is 14.4. The van der Waals surface area contributed by atoms with Gasteiger partial charge in [0.15, 0.2) is 0 Å². The maximum atomic E-state index is 11.3. The van der Waals surface area contributed by atoms with Gasteiger partial charge in [-0.25, -0.2) is 18.5 Å². The lowest BCUT2D eigenvalue weighted by atomic mass is 10.3. The highest BCUT2D eigenvalue weighted by Crippen LogP contribution is 2.18. The fourth-order valence-corrected chi connectivity index (χ4v) is 3.07. The topological polar surface area (TPSA) is 90.0 Å². The van der Waals surface area contributed by atoms with E-state index in [1.54, 1.807) is 12.1 Å². The Morgan fingerprint density at radius 3 is 2.48 bits per heavy atom. The number of benzene rings is 2. The number of hydrogen-bond acceptors (Lipinski definition) is 4. The van der Waals surface area contributed by atoms with Gasteiger partial charge >= 0.3 is 0 Å². The predicted octanol–water partition coefficient (Wildman–Crippen LogP) is 2.32. The highest BCUT2D eigenvalue weighted by molar-refractivity contribution is 7.89. The minimum Gasteiger partial charge on any atom is -0.378 e. The second-order valence-corrected chi connectivity index (χ2v) is 6.75. The van der Waals surface area contributed by atoms with Crippen LogP contribution in [-0.2, 0) is 23.1 Å². The third kappa shape index (κ3) is 3.20. The number of imidazole rings is 1. The maximum Gasteiger partial charge on any atom is 0.238 e. The van der Waals surface area contributed by atoms with Crippen molar-refractivity contribution in [2.24, 2.45) is 5.14 Å². The van der Waals surface area contributed by atoms with Crippen molar-refractivity contribution < 1.29 is 8.42 Å². The fourth-order valence-electron chi connectivity index (χ4n) is 2.56. The molecule has 0 saturated carbocycles. The molecule has 0 aliphatic carbocycles. The highest BCUT2D eigenvalue weighted by atomic mass is 32.2. The van der Waals surface area contributed by atoms with Crippen LogP contribution in [-0.4, -0.2) is 18.0 Å². The average Bonchev–Trinajstić information content (AvgIpc) is 2.90.